The Balaban J connectivity index is 1.67. The van der Waals surface area contributed by atoms with Gasteiger partial charge in [0, 0.05) is 25.2 Å². The van der Waals surface area contributed by atoms with Crippen LogP contribution >= 0.6 is 0 Å². The normalized spacial score (nSPS) is 24.1. The van der Waals surface area contributed by atoms with Crippen molar-refractivity contribution in [1.82, 2.24) is 10.2 Å². The molecule has 0 radical (unpaired) electrons. The van der Waals surface area contributed by atoms with Gasteiger partial charge in [0.1, 0.15) is 0 Å². The lowest BCUT2D eigenvalue weighted by molar-refractivity contribution is 0.0813. The van der Waals surface area contributed by atoms with Crippen LogP contribution in [0.3, 0.4) is 0 Å². The summed E-state index contributed by atoms with van der Waals surface area (Å²) < 4.78 is 5.28. The van der Waals surface area contributed by atoms with Gasteiger partial charge in [-0.3, -0.25) is 0 Å². The Bertz CT molecular complexity index is 333. The van der Waals surface area contributed by atoms with E-state index in [-0.39, 0.29) is 6.09 Å². The summed E-state index contributed by atoms with van der Waals surface area (Å²) >= 11 is 0. The topological polar surface area (TPSA) is 41.6 Å². The van der Waals surface area contributed by atoms with Crippen molar-refractivity contribution in [2.45, 2.75) is 58.0 Å². The first-order valence-corrected chi connectivity index (χ1v) is 7.99. The summed E-state index contributed by atoms with van der Waals surface area (Å²) in [4.78, 5) is 13.7. The van der Waals surface area contributed by atoms with E-state index in [1.54, 1.807) is 0 Å². The van der Waals surface area contributed by atoms with E-state index in [9.17, 15) is 4.79 Å². The molecule has 1 fully saturated rings. The van der Waals surface area contributed by atoms with Crippen LogP contribution in [0.4, 0.5) is 4.79 Å². The molecule has 1 aliphatic heterocycles. The first-order chi connectivity index (χ1) is 9.65. The van der Waals surface area contributed by atoms with E-state index < -0.39 is 0 Å². The van der Waals surface area contributed by atoms with Crippen LogP contribution in [0.25, 0.3) is 0 Å². The van der Waals surface area contributed by atoms with E-state index in [4.69, 9.17) is 4.74 Å². The smallest absolute Gasteiger partial charge is 0.409 e. The van der Waals surface area contributed by atoms with Crippen molar-refractivity contribution in [2.75, 3.05) is 19.7 Å². The molecule has 0 aromatic rings. The van der Waals surface area contributed by atoms with Crippen molar-refractivity contribution >= 4 is 6.09 Å². The van der Waals surface area contributed by atoms with Gasteiger partial charge < -0.3 is 15.0 Å². The highest BCUT2D eigenvalue weighted by atomic mass is 16.6. The lowest BCUT2D eigenvalue weighted by Crippen LogP contribution is -2.47. The van der Waals surface area contributed by atoms with Gasteiger partial charge in [0.2, 0.25) is 0 Å². The zero-order chi connectivity index (χ0) is 14.4. The Morgan fingerprint density at radius 2 is 2.10 bits per heavy atom. The molecular formula is C16H28N2O2. The van der Waals surface area contributed by atoms with Gasteiger partial charge >= 0.3 is 6.09 Å². The first-order valence-electron chi connectivity index (χ1n) is 7.99. The molecule has 0 unspecified atom stereocenters. The summed E-state index contributed by atoms with van der Waals surface area (Å²) in [5, 5.41) is 3.70. The number of likely N-dealkylation sites (tertiary alicyclic amines) is 1. The van der Waals surface area contributed by atoms with Crippen LogP contribution in [-0.2, 0) is 4.74 Å². The van der Waals surface area contributed by atoms with Crippen molar-refractivity contribution in [2.24, 2.45) is 5.92 Å². The van der Waals surface area contributed by atoms with Gasteiger partial charge in [0.05, 0.1) is 6.61 Å². The Morgan fingerprint density at radius 1 is 1.35 bits per heavy atom. The standard InChI is InChI=1S/C16H28N2O2/c1-13(2)12-20-16(19)18-10-8-15(9-11-18)17-14-6-4-3-5-7-14/h4,6,13-15,17H,3,5,7-12H2,1-2H3/t14-/m0/s1. The van der Waals surface area contributed by atoms with Crippen molar-refractivity contribution in [3.63, 3.8) is 0 Å². The second kappa shape index (κ2) is 7.67. The summed E-state index contributed by atoms with van der Waals surface area (Å²) in [6.45, 7) is 6.25. The monoisotopic (exact) mass is 280 g/mol. The molecule has 0 spiro atoms. The van der Waals surface area contributed by atoms with E-state index in [1.165, 1.54) is 19.3 Å². The highest BCUT2D eigenvalue weighted by Crippen LogP contribution is 2.16. The van der Waals surface area contributed by atoms with Crippen LogP contribution in [0.1, 0.15) is 46.0 Å². The van der Waals surface area contributed by atoms with Crippen LogP contribution in [-0.4, -0.2) is 42.8 Å². The van der Waals surface area contributed by atoms with E-state index in [1.807, 2.05) is 4.90 Å². The number of rotatable bonds is 4. The minimum atomic E-state index is -0.144. The van der Waals surface area contributed by atoms with Gasteiger partial charge in [-0.2, -0.15) is 0 Å². The Kier molecular flexibility index (Phi) is 5.89. The lowest BCUT2D eigenvalue weighted by Gasteiger charge is -2.34. The average Bonchev–Trinajstić information content (AvgIpc) is 2.46. The van der Waals surface area contributed by atoms with Crippen molar-refractivity contribution in [1.29, 1.82) is 0 Å². The number of piperidine rings is 1. The van der Waals surface area contributed by atoms with E-state index in [0.717, 1.165) is 25.9 Å². The summed E-state index contributed by atoms with van der Waals surface area (Å²) in [5.74, 6) is 0.399. The molecule has 4 heteroatoms. The summed E-state index contributed by atoms with van der Waals surface area (Å²) in [6.07, 6.45) is 10.2. The zero-order valence-electron chi connectivity index (χ0n) is 12.8. The molecule has 114 valence electrons. The Morgan fingerprint density at radius 3 is 2.70 bits per heavy atom. The van der Waals surface area contributed by atoms with Crippen molar-refractivity contribution in [3.8, 4) is 0 Å². The molecule has 2 rings (SSSR count). The molecule has 4 nitrogen and oxygen atoms in total. The molecule has 0 aromatic heterocycles. The van der Waals surface area contributed by atoms with Crippen molar-refractivity contribution < 1.29 is 9.53 Å². The quantitative estimate of drug-likeness (QED) is 0.805. The van der Waals surface area contributed by atoms with Gasteiger partial charge in [0.25, 0.3) is 0 Å². The Labute approximate surface area is 122 Å². The molecule has 1 N–H and O–H groups in total. The molecule has 1 aliphatic carbocycles. The number of nitrogens with zero attached hydrogens (tertiary/aromatic N) is 1. The van der Waals surface area contributed by atoms with E-state index >= 15 is 0 Å². The molecule has 1 saturated heterocycles. The molecule has 1 heterocycles. The minimum absolute atomic E-state index is 0.144. The number of hydrogen-bond acceptors (Lipinski definition) is 3. The van der Waals surface area contributed by atoms with Crippen LogP contribution in [0.2, 0.25) is 0 Å². The SMILES string of the molecule is CC(C)COC(=O)N1CCC(N[C@H]2C=CCCC2)CC1. The maximum atomic E-state index is 11.9. The number of allylic oxidation sites excluding steroid dienone is 1. The van der Waals surface area contributed by atoms with Gasteiger partial charge in [0.15, 0.2) is 0 Å². The molecule has 0 aromatic carbocycles. The summed E-state index contributed by atoms with van der Waals surface area (Å²) in [7, 11) is 0. The molecule has 1 amide bonds. The molecule has 2 aliphatic rings. The number of nitrogens with one attached hydrogen (secondary N) is 1. The average molecular weight is 280 g/mol. The maximum Gasteiger partial charge on any atom is 0.409 e. The predicted molar refractivity (Wildman–Crippen MR) is 80.7 cm³/mol. The van der Waals surface area contributed by atoms with Gasteiger partial charge in [-0.05, 0) is 38.0 Å². The van der Waals surface area contributed by atoms with E-state index in [2.05, 4.69) is 31.3 Å². The number of carbonyl (C=O) groups excluding carboxylic acids is 1. The van der Waals surface area contributed by atoms with Gasteiger partial charge in [-0.1, -0.05) is 26.0 Å². The summed E-state index contributed by atoms with van der Waals surface area (Å²) in [6, 6.07) is 1.07. The first kappa shape index (κ1) is 15.4. The molecular weight excluding hydrogens is 252 g/mol. The second-order valence-electron chi connectivity index (χ2n) is 6.36. The number of amides is 1. The Hall–Kier alpha value is -1.03. The number of carbonyl (C=O) groups is 1. The molecule has 0 saturated carbocycles. The third kappa shape index (κ3) is 4.82. The molecule has 20 heavy (non-hydrogen) atoms. The van der Waals surface area contributed by atoms with Crippen LogP contribution in [0.5, 0.6) is 0 Å². The zero-order valence-corrected chi connectivity index (χ0v) is 12.8. The van der Waals surface area contributed by atoms with Crippen LogP contribution in [0, 0.1) is 5.92 Å². The molecule has 0 bridgehead atoms. The highest BCUT2D eigenvalue weighted by Gasteiger charge is 2.25. The van der Waals surface area contributed by atoms with Crippen molar-refractivity contribution in [3.05, 3.63) is 12.2 Å². The third-order valence-corrected chi connectivity index (χ3v) is 4.00. The fourth-order valence-corrected chi connectivity index (χ4v) is 2.81. The van der Waals surface area contributed by atoms with Crippen LogP contribution in [0.15, 0.2) is 12.2 Å². The second-order valence-corrected chi connectivity index (χ2v) is 6.36. The maximum absolute atomic E-state index is 11.9. The number of ether oxygens (including phenoxy) is 1. The molecule has 1 atom stereocenters. The largest absolute Gasteiger partial charge is 0.449 e. The third-order valence-electron chi connectivity index (χ3n) is 4.00. The van der Waals surface area contributed by atoms with Crippen LogP contribution < -0.4 is 5.32 Å². The van der Waals surface area contributed by atoms with E-state index in [0.29, 0.717) is 24.6 Å². The van der Waals surface area contributed by atoms with Gasteiger partial charge in [-0.15, -0.1) is 0 Å². The minimum Gasteiger partial charge on any atom is -0.449 e. The van der Waals surface area contributed by atoms with Gasteiger partial charge in [-0.25, -0.2) is 4.79 Å². The lowest BCUT2D eigenvalue weighted by atomic mass is 9.99. The highest BCUT2D eigenvalue weighted by molar-refractivity contribution is 5.67. The number of hydrogen-bond donors (Lipinski definition) is 1. The summed E-state index contributed by atoms with van der Waals surface area (Å²) in [5.41, 5.74) is 0. The predicted octanol–water partition coefficient (Wildman–Crippen LogP) is 2.94. The fourth-order valence-electron chi connectivity index (χ4n) is 2.81. The fraction of sp³-hybridized carbons (Fsp3) is 0.812.